The van der Waals surface area contributed by atoms with E-state index in [2.05, 4.69) is 31.9 Å². The topological polar surface area (TPSA) is 75.9 Å². The average Bonchev–Trinajstić information content (AvgIpc) is 3.17. The highest BCUT2D eigenvalue weighted by atomic mass is 35.5. The smallest absolute Gasteiger partial charge is 0.258 e. The van der Waals surface area contributed by atoms with Gasteiger partial charge in [-0.05, 0) is 43.6 Å². The molecule has 1 fully saturated rings. The van der Waals surface area contributed by atoms with Crippen molar-refractivity contribution in [2.24, 2.45) is 0 Å². The highest BCUT2D eigenvalue weighted by molar-refractivity contribution is 6.34. The summed E-state index contributed by atoms with van der Waals surface area (Å²) in [4.78, 5) is 23.8. The van der Waals surface area contributed by atoms with Gasteiger partial charge in [-0.2, -0.15) is 5.10 Å². The first kappa shape index (κ1) is 19.5. The van der Waals surface area contributed by atoms with E-state index in [-0.39, 0.29) is 5.91 Å². The van der Waals surface area contributed by atoms with Crippen molar-refractivity contribution in [3.63, 3.8) is 0 Å². The van der Waals surface area contributed by atoms with Crippen LogP contribution >= 0.6 is 11.6 Å². The number of fused-ring (bicyclic) bond motifs is 1. The summed E-state index contributed by atoms with van der Waals surface area (Å²) in [6.07, 6.45) is 8.66. The Morgan fingerprint density at radius 2 is 2.03 bits per heavy atom. The standard InChI is InChI=1S/C21H23ClN6O/c1-2-15-6-7-16(18(22)12-15)21(29)26-19-17-13-25-28(20(17)24-14-23-19)11-10-27-8-4-3-5-9-27/h2,6-7,12-14H,1,3-5,8-11H2,(H,23,24,26,29). The molecule has 1 N–H and O–H groups in total. The Hall–Kier alpha value is -2.77. The van der Waals surface area contributed by atoms with Gasteiger partial charge in [0.05, 0.1) is 28.7 Å². The minimum absolute atomic E-state index is 0.327. The van der Waals surface area contributed by atoms with Crippen LogP contribution in [0.4, 0.5) is 5.82 Å². The Bertz CT molecular complexity index is 1040. The molecular formula is C21H23ClN6O. The van der Waals surface area contributed by atoms with Crippen LogP contribution in [-0.4, -0.2) is 50.2 Å². The van der Waals surface area contributed by atoms with Crippen LogP contribution < -0.4 is 5.32 Å². The molecule has 0 aliphatic carbocycles. The van der Waals surface area contributed by atoms with Crippen LogP contribution in [0.3, 0.4) is 0 Å². The number of nitrogens with zero attached hydrogens (tertiary/aromatic N) is 5. The monoisotopic (exact) mass is 410 g/mol. The number of hydrogen-bond donors (Lipinski definition) is 1. The van der Waals surface area contributed by atoms with Crippen LogP contribution in [-0.2, 0) is 6.54 Å². The SMILES string of the molecule is C=Cc1ccc(C(=O)Nc2ncnc3c2cnn3CCN2CCCCC2)c(Cl)c1. The fourth-order valence-electron chi connectivity index (χ4n) is 3.59. The van der Waals surface area contributed by atoms with Gasteiger partial charge in [-0.1, -0.05) is 36.7 Å². The minimum Gasteiger partial charge on any atom is -0.306 e. The van der Waals surface area contributed by atoms with E-state index < -0.39 is 0 Å². The molecule has 3 heterocycles. The van der Waals surface area contributed by atoms with Gasteiger partial charge in [-0.3, -0.25) is 4.79 Å². The van der Waals surface area contributed by atoms with Crippen LogP contribution in [0.25, 0.3) is 17.1 Å². The zero-order valence-electron chi connectivity index (χ0n) is 16.1. The summed E-state index contributed by atoms with van der Waals surface area (Å²) in [5.41, 5.74) is 1.94. The lowest BCUT2D eigenvalue weighted by Crippen LogP contribution is -2.32. The maximum atomic E-state index is 12.7. The van der Waals surface area contributed by atoms with Crippen molar-refractivity contribution < 1.29 is 4.79 Å². The molecule has 8 heteroatoms. The first-order valence-corrected chi connectivity index (χ1v) is 10.2. The number of rotatable bonds is 6. The predicted octanol–water partition coefficient (Wildman–Crippen LogP) is 3.86. The predicted molar refractivity (Wildman–Crippen MR) is 115 cm³/mol. The van der Waals surface area contributed by atoms with Crippen molar-refractivity contribution in [1.82, 2.24) is 24.6 Å². The summed E-state index contributed by atoms with van der Waals surface area (Å²) in [5, 5.41) is 8.36. The number of carbonyl (C=O) groups excluding carboxylic acids is 1. The van der Waals surface area contributed by atoms with Crippen molar-refractivity contribution in [3.8, 4) is 0 Å². The van der Waals surface area contributed by atoms with Crippen LogP contribution in [0.2, 0.25) is 5.02 Å². The first-order valence-electron chi connectivity index (χ1n) is 9.78. The number of nitrogens with one attached hydrogen (secondary N) is 1. The van der Waals surface area contributed by atoms with Gasteiger partial charge in [0.15, 0.2) is 5.65 Å². The van der Waals surface area contributed by atoms with E-state index in [0.29, 0.717) is 27.4 Å². The lowest BCUT2D eigenvalue weighted by Gasteiger charge is -2.26. The molecule has 0 unspecified atom stereocenters. The number of carbonyl (C=O) groups is 1. The molecule has 0 saturated carbocycles. The van der Waals surface area contributed by atoms with Gasteiger partial charge < -0.3 is 10.2 Å². The van der Waals surface area contributed by atoms with Crippen LogP contribution in [0.5, 0.6) is 0 Å². The first-order chi connectivity index (χ1) is 14.2. The lowest BCUT2D eigenvalue weighted by atomic mass is 10.1. The number of aromatic nitrogens is 4. The van der Waals surface area contributed by atoms with Crippen LogP contribution in [0.15, 0.2) is 37.3 Å². The van der Waals surface area contributed by atoms with E-state index in [4.69, 9.17) is 11.6 Å². The van der Waals surface area contributed by atoms with Crippen LogP contribution in [0, 0.1) is 0 Å². The number of likely N-dealkylation sites (tertiary alicyclic amines) is 1. The zero-order valence-corrected chi connectivity index (χ0v) is 16.9. The summed E-state index contributed by atoms with van der Waals surface area (Å²) >= 11 is 6.24. The molecule has 2 aromatic heterocycles. The third kappa shape index (κ3) is 4.31. The molecular weight excluding hydrogens is 388 g/mol. The second-order valence-electron chi connectivity index (χ2n) is 7.13. The van der Waals surface area contributed by atoms with Gasteiger partial charge in [-0.15, -0.1) is 0 Å². The molecule has 0 bridgehead atoms. The summed E-state index contributed by atoms with van der Waals surface area (Å²) < 4.78 is 1.87. The molecule has 0 atom stereocenters. The van der Waals surface area contributed by atoms with Crippen molar-refractivity contribution in [3.05, 3.63) is 53.5 Å². The fourth-order valence-corrected chi connectivity index (χ4v) is 3.87. The number of benzene rings is 1. The second kappa shape index (κ2) is 8.71. The second-order valence-corrected chi connectivity index (χ2v) is 7.53. The molecule has 0 radical (unpaired) electrons. The summed E-state index contributed by atoms with van der Waals surface area (Å²) in [7, 11) is 0. The van der Waals surface area contributed by atoms with Crippen molar-refractivity contribution in [1.29, 1.82) is 0 Å². The van der Waals surface area contributed by atoms with Crippen molar-refractivity contribution in [2.45, 2.75) is 25.8 Å². The number of halogens is 1. The molecule has 7 nitrogen and oxygen atoms in total. The highest BCUT2D eigenvalue weighted by Gasteiger charge is 2.16. The lowest BCUT2D eigenvalue weighted by molar-refractivity contribution is 0.102. The zero-order chi connectivity index (χ0) is 20.2. The van der Waals surface area contributed by atoms with E-state index in [1.165, 1.54) is 25.6 Å². The van der Waals surface area contributed by atoms with Crippen molar-refractivity contribution >= 4 is 40.4 Å². The van der Waals surface area contributed by atoms with Gasteiger partial charge in [-0.25, -0.2) is 14.6 Å². The Morgan fingerprint density at radius 1 is 1.21 bits per heavy atom. The highest BCUT2D eigenvalue weighted by Crippen LogP contribution is 2.23. The Balaban J connectivity index is 1.51. The molecule has 1 aromatic carbocycles. The van der Waals surface area contributed by atoms with E-state index in [0.717, 1.165) is 31.7 Å². The largest absolute Gasteiger partial charge is 0.306 e. The molecule has 1 saturated heterocycles. The summed E-state index contributed by atoms with van der Waals surface area (Å²) in [6, 6.07) is 5.18. The summed E-state index contributed by atoms with van der Waals surface area (Å²) in [5.74, 6) is 0.0970. The van der Waals surface area contributed by atoms with E-state index >= 15 is 0 Å². The number of anilines is 1. The van der Waals surface area contributed by atoms with Crippen LogP contribution in [0.1, 0.15) is 35.2 Å². The average molecular weight is 411 g/mol. The minimum atomic E-state index is -0.327. The van der Waals surface area contributed by atoms with Gasteiger partial charge in [0, 0.05) is 6.54 Å². The Kier molecular flexibility index (Phi) is 5.87. The maximum absolute atomic E-state index is 12.7. The third-order valence-corrected chi connectivity index (χ3v) is 5.53. The number of hydrogen-bond acceptors (Lipinski definition) is 5. The van der Waals surface area contributed by atoms with E-state index in [1.54, 1.807) is 30.5 Å². The van der Waals surface area contributed by atoms with Gasteiger partial charge in [0.1, 0.15) is 12.1 Å². The normalized spacial score (nSPS) is 14.8. The molecule has 1 amide bonds. The van der Waals surface area contributed by atoms with E-state index in [1.807, 2.05) is 4.68 Å². The molecule has 1 aliphatic heterocycles. The molecule has 150 valence electrons. The Labute approximate surface area is 174 Å². The molecule has 1 aliphatic rings. The van der Waals surface area contributed by atoms with Gasteiger partial charge in [0.2, 0.25) is 0 Å². The molecule has 4 rings (SSSR count). The third-order valence-electron chi connectivity index (χ3n) is 5.22. The fraction of sp³-hybridized carbons (Fsp3) is 0.333. The quantitative estimate of drug-likeness (QED) is 0.667. The molecule has 3 aromatic rings. The Morgan fingerprint density at radius 3 is 2.79 bits per heavy atom. The maximum Gasteiger partial charge on any atom is 0.258 e. The van der Waals surface area contributed by atoms with Gasteiger partial charge in [0.25, 0.3) is 5.91 Å². The molecule has 0 spiro atoms. The van der Waals surface area contributed by atoms with E-state index in [9.17, 15) is 4.79 Å². The van der Waals surface area contributed by atoms with Gasteiger partial charge >= 0.3 is 0 Å². The molecule has 29 heavy (non-hydrogen) atoms. The number of amides is 1. The summed E-state index contributed by atoms with van der Waals surface area (Å²) in [6.45, 7) is 7.68. The number of piperidine rings is 1. The van der Waals surface area contributed by atoms with Crippen molar-refractivity contribution in [2.75, 3.05) is 25.0 Å².